The Balaban J connectivity index is 2.97. The van der Waals surface area contributed by atoms with Crippen molar-refractivity contribution < 1.29 is 0 Å². The van der Waals surface area contributed by atoms with E-state index in [4.69, 9.17) is 16.9 Å². The lowest BCUT2D eigenvalue weighted by atomic mass is 10.1. The Kier molecular flexibility index (Phi) is 1.98. The van der Waals surface area contributed by atoms with Gasteiger partial charge >= 0.3 is 0 Å². The topological polar surface area (TPSA) is 28.7 Å². The number of aromatic nitrogens is 1. The van der Waals surface area contributed by atoms with Gasteiger partial charge in [0, 0.05) is 23.2 Å². The van der Waals surface area contributed by atoms with E-state index in [9.17, 15) is 0 Å². The largest absolute Gasteiger partial charge is 0.347 e. The van der Waals surface area contributed by atoms with Crippen LogP contribution in [0.15, 0.2) is 18.2 Å². The van der Waals surface area contributed by atoms with Gasteiger partial charge in [0.15, 0.2) is 0 Å². The average Bonchev–Trinajstić information content (AvgIpc) is 2.41. The number of aryl methyl sites for hydroxylation is 1. The van der Waals surface area contributed by atoms with E-state index in [0.717, 1.165) is 22.2 Å². The minimum atomic E-state index is 0.697. The summed E-state index contributed by atoms with van der Waals surface area (Å²) in [5, 5.41) is 10.7. The molecule has 2 nitrogen and oxygen atoms in total. The molecule has 0 aliphatic heterocycles. The predicted molar refractivity (Wildman–Crippen MR) is 57.4 cm³/mol. The Morgan fingerprint density at radius 1 is 1.43 bits per heavy atom. The number of nitriles is 1. The molecule has 0 aliphatic carbocycles. The summed E-state index contributed by atoms with van der Waals surface area (Å²) in [6.45, 7) is 1.94. The minimum absolute atomic E-state index is 0.697. The molecule has 70 valence electrons. The van der Waals surface area contributed by atoms with E-state index in [-0.39, 0.29) is 0 Å². The Labute approximate surface area is 87.3 Å². The van der Waals surface area contributed by atoms with Crippen molar-refractivity contribution in [1.29, 1.82) is 5.26 Å². The molecule has 0 aliphatic rings. The molecule has 0 saturated heterocycles. The summed E-state index contributed by atoms with van der Waals surface area (Å²) in [7, 11) is 1.94. The van der Waals surface area contributed by atoms with Crippen LogP contribution >= 0.6 is 11.6 Å². The fourth-order valence-electron chi connectivity index (χ4n) is 1.68. The van der Waals surface area contributed by atoms with Crippen molar-refractivity contribution in [3.8, 4) is 6.07 Å². The van der Waals surface area contributed by atoms with Crippen LogP contribution in [0.1, 0.15) is 11.3 Å². The zero-order chi connectivity index (χ0) is 10.3. The first-order valence-electron chi connectivity index (χ1n) is 4.30. The van der Waals surface area contributed by atoms with E-state index in [1.807, 2.05) is 36.7 Å². The molecule has 0 unspecified atom stereocenters. The van der Waals surface area contributed by atoms with Gasteiger partial charge in [-0.25, -0.2) is 0 Å². The zero-order valence-electron chi connectivity index (χ0n) is 8.00. The third kappa shape index (κ3) is 1.10. The predicted octanol–water partition coefficient (Wildman–Crippen LogP) is 3.01. The summed E-state index contributed by atoms with van der Waals surface area (Å²) in [4.78, 5) is 0. The zero-order valence-corrected chi connectivity index (χ0v) is 8.76. The Morgan fingerprint density at radius 2 is 2.14 bits per heavy atom. The number of hydrogen-bond donors (Lipinski definition) is 0. The summed E-state index contributed by atoms with van der Waals surface area (Å²) in [5.74, 6) is 0. The molecule has 1 heterocycles. The molecule has 0 saturated carbocycles. The maximum absolute atomic E-state index is 9.00. The Bertz CT molecular complexity index is 546. The first kappa shape index (κ1) is 9.11. The van der Waals surface area contributed by atoms with E-state index in [0.29, 0.717) is 5.02 Å². The van der Waals surface area contributed by atoms with Gasteiger partial charge in [-0.05, 0) is 19.1 Å². The molecule has 0 spiro atoms. The maximum Gasteiger partial charge on any atom is 0.102 e. The lowest BCUT2D eigenvalue weighted by Gasteiger charge is -1.97. The van der Waals surface area contributed by atoms with Crippen molar-refractivity contribution in [3.63, 3.8) is 0 Å². The van der Waals surface area contributed by atoms with Crippen LogP contribution in [-0.4, -0.2) is 4.57 Å². The summed E-state index contributed by atoms with van der Waals surface area (Å²) >= 11 is 5.90. The van der Waals surface area contributed by atoms with Crippen LogP contribution in [0, 0.1) is 18.3 Å². The molecule has 0 atom stereocenters. The summed E-state index contributed by atoms with van der Waals surface area (Å²) in [6, 6.07) is 7.80. The summed E-state index contributed by atoms with van der Waals surface area (Å²) in [5.41, 5.74) is 2.72. The maximum atomic E-state index is 9.00. The second kappa shape index (κ2) is 3.04. The lowest BCUT2D eigenvalue weighted by Crippen LogP contribution is -1.90. The van der Waals surface area contributed by atoms with Crippen molar-refractivity contribution in [2.75, 3.05) is 0 Å². The summed E-state index contributed by atoms with van der Waals surface area (Å²) < 4.78 is 1.99. The van der Waals surface area contributed by atoms with Crippen molar-refractivity contribution in [3.05, 3.63) is 34.5 Å². The van der Waals surface area contributed by atoms with E-state index in [1.54, 1.807) is 0 Å². The molecule has 2 rings (SSSR count). The Morgan fingerprint density at radius 3 is 2.79 bits per heavy atom. The fraction of sp³-hybridized carbons (Fsp3) is 0.182. The van der Waals surface area contributed by atoms with Crippen LogP contribution in [0.2, 0.25) is 5.02 Å². The molecular formula is C11H9ClN2. The molecule has 0 bridgehead atoms. The number of benzene rings is 1. The highest BCUT2D eigenvalue weighted by atomic mass is 35.5. The third-order valence-corrected chi connectivity index (χ3v) is 2.80. The average molecular weight is 205 g/mol. The fourth-order valence-corrected chi connectivity index (χ4v) is 1.84. The van der Waals surface area contributed by atoms with Crippen molar-refractivity contribution in [2.45, 2.75) is 6.92 Å². The van der Waals surface area contributed by atoms with Crippen LogP contribution in [-0.2, 0) is 7.05 Å². The molecule has 0 fully saturated rings. The number of fused-ring (bicyclic) bond motifs is 1. The summed E-state index contributed by atoms with van der Waals surface area (Å²) in [6.07, 6.45) is 0. The van der Waals surface area contributed by atoms with Gasteiger partial charge in [0.25, 0.3) is 0 Å². The molecule has 3 heteroatoms. The second-order valence-electron chi connectivity index (χ2n) is 3.29. The van der Waals surface area contributed by atoms with Crippen molar-refractivity contribution >= 4 is 22.5 Å². The van der Waals surface area contributed by atoms with Crippen molar-refractivity contribution in [2.24, 2.45) is 7.05 Å². The van der Waals surface area contributed by atoms with E-state index in [1.165, 1.54) is 0 Å². The van der Waals surface area contributed by atoms with Crippen LogP contribution in [0.4, 0.5) is 0 Å². The number of halogens is 1. The van der Waals surface area contributed by atoms with E-state index < -0.39 is 0 Å². The first-order chi connectivity index (χ1) is 6.65. The van der Waals surface area contributed by atoms with Crippen molar-refractivity contribution in [1.82, 2.24) is 4.57 Å². The van der Waals surface area contributed by atoms with Gasteiger partial charge in [0.2, 0.25) is 0 Å². The van der Waals surface area contributed by atoms with E-state index in [2.05, 4.69) is 6.07 Å². The highest BCUT2D eigenvalue weighted by Crippen LogP contribution is 2.26. The van der Waals surface area contributed by atoms with Crippen LogP contribution in [0.25, 0.3) is 10.9 Å². The van der Waals surface area contributed by atoms with Gasteiger partial charge < -0.3 is 4.57 Å². The molecule has 1 aromatic carbocycles. The standard InChI is InChI=1S/C11H9ClN2/c1-7-10(6-13)9-4-3-8(12)5-11(9)14(7)2/h3-5H,1-2H3. The SMILES string of the molecule is Cc1c(C#N)c2ccc(Cl)cc2n1C. The van der Waals surface area contributed by atoms with Gasteiger partial charge in [0.05, 0.1) is 11.1 Å². The number of nitrogens with zero attached hydrogens (tertiary/aromatic N) is 2. The highest BCUT2D eigenvalue weighted by molar-refractivity contribution is 6.31. The number of rotatable bonds is 0. The Hall–Kier alpha value is -1.46. The molecule has 2 aromatic rings. The molecule has 0 radical (unpaired) electrons. The molecule has 14 heavy (non-hydrogen) atoms. The molecular weight excluding hydrogens is 196 g/mol. The van der Waals surface area contributed by atoms with Gasteiger partial charge in [-0.2, -0.15) is 5.26 Å². The van der Waals surface area contributed by atoms with Crippen LogP contribution in [0.3, 0.4) is 0 Å². The first-order valence-corrected chi connectivity index (χ1v) is 4.67. The van der Waals surface area contributed by atoms with Gasteiger partial charge in [-0.3, -0.25) is 0 Å². The monoisotopic (exact) mass is 204 g/mol. The van der Waals surface area contributed by atoms with Crippen LogP contribution < -0.4 is 0 Å². The van der Waals surface area contributed by atoms with Gasteiger partial charge in [-0.15, -0.1) is 0 Å². The van der Waals surface area contributed by atoms with Gasteiger partial charge in [-0.1, -0.05) is 17.7 Å². The molecule has 0 N–H and O–H groups in total. The molecule has 0 amide bonds. The number of hydrogen-bond acceptors (Lipinski definition) is 1. The minimum Gasteiger partial charge on any atom is -0.347 e. The lowest BCUT2D eigenvalue weighted by molar-refractivity contribution is 0.915. The third-order valence-electron chi connectivity index (χ3n) is 2.57. The normalized spacial score (nSPS) is 10.4. The smallest absolute Gasteiger partial charge is 0.102 e. The van der Waals surface area contributed by atoms with Gasteiger partial charge in [0.1, 0.15) is 6.07 Å². The second-order valence-corrected chi connectivity index (χ2v) is 3.73. The van der Waals surface area contributed by atoms with Crippen LogP contribution in [0.5, 0.6) is 0 Å². The van der Waals surface area contributed by atoms with E-state index >= 15 is 0 Å². The molecule has 1 aromatic heterocycles. The quantitative estimate of drug-likeness (QED) is 0.649. The highest BCUT2D eigenvalue weighted by Gasteiger charge is 2.10.